The Kier molecular flexibility index (Phi) is 7.76. The van der Waals surface area contributed by atoms with Crippen molar-refractivity contribution in [2.24, 2.45) is 5.92 Å². The van der Waals surface area contributed by atoms with Crippen molar-refractivity contribution in [2.75, 3.05) is 18.5 Å². The maximum absolute atomic E-state index is 12.6. The van der Waals surface area contributed by atoms with Gasteiger partial charge < -0.3 is 24.6 Å². The van der Waals surface area contributed by atoms with Crippen molar-refractivity contribution in [3.63, 3.8) is 0 Å². The minimum Gasteiger partial charge on any atom is -0.493 e. The lowest BCUT2D eigenvalue weighted by atomic mass is 10.0. The molecule has 29 heavy (non-hydrogen) atoms. The second-order valence-electron chi connectivity index (χ2n) is 6.60. The zero-order chi connectivity index (χ0) is 21.4. The Morgan fingerprint density at radius 3 is 2.55 bits per heavy atom. The predicted octanol–water partition coefficient (Wildman–Crippen LogP) is 2.32. The number of aryl methyl sites for hydroxylation is 1. The first-order chi connectivity index (χ1) is 13.8. The van der Waals surface area contributed by atoms with Crippen molar-refractivity contribution in [2.45, 2.75) is 33.7 Å². The Hall–Kier alpha value is -3.36. The van der Waals surface area contributed by atoms with Crippen LogP contribution >= 0.6 is 0 Å². The molecule has 0 aliphatic carbocycles. The van der Waals surface area contributed by atoms with E-state index in [4.69, 9.17) is 14.0 Å². The van der Waals surface area contributed by atoms with Crippen molar-refractivity contribution in [1.29, 1.82) is 0 Å². The number of hydrogen-bond donors (Lipinski definition) is 2. The van der Waals surface area contributed by atoms with Gasteiger partial charge in [0.25, 0.3) is 11.8 Å². The fourth-order valence-corrected chi connectivity index (χ4v) is 2.48. The van der Waals surface area contributed by atoms with Crippen molar-refractivity contribution in [1.82, 2.24) is 10.5 Å². The number of amides is 2. The van der Waals surface area contributed by atoms with Crippen LogP contribution in [-0.2, 0) is 14.3 Å². The van der Waals surface area contributed by atoms with E-state index >= 15 is 0 Å². The number of esters is 1. The summed E-state index contributed by atoms with van der Waals surface area (Å²) in [5.74, 6) is -0.822. The maximum Gasteiger partial charge on any atom is 0.329 e. The van der Waals surface area contributed by atoms with E-state index < -0.39 is 30.4 Å². The number of nitrogens with one attached hydrogen (secondary N) is 2. The van der Waals surface area contributed by atoms with Crippen LogP contribution in [0.3, 0.4) is 0 Å². The summed E-state index contributed by atoms with van der Waals surface area (Å²) >= 11 is 0. The highest BCUT2D eigenvalue weighted by Crippen LogP contribution is 2.18. The second-order valence-corrected chi connectivity index (χ2v) is 6.60. The van der Waals surface area contributed by atoms with Gasteiger partial charge in [-0.2, -0.15) is 0 Å². The van der Waals surface area contributed by atoms with Gasteiger partial charge >= 0.3 is 5.97 Å². The fraction of sp³-hybridized carbons (Fsp3) is 0.400. The number of aromatic nitrogens is 1. The molecular formula is C20H25N3O6. The number of hydrogen-bond acceptors (Lipinski definition) is 7. The highest BCUT2D eigenvalue weighted by atomic mass is 16.5. The summed E-state index contributed by atoms with van der Waals surface area (Å²) < 4.78 is 15.4. The molecular weight excluding hydrogens is 378 g/mol. The highest BCUT2D eigenvalue weighted by Gasteiger charge is 2.27. The Labute approximate surface area is 168 Å². The topological polar surface area (TPSA) is 120 Å². The molecule has 0 unspecified atom stereocenters. The van der Waals surface area contributed by atoms with E-state index in [1.165, 1.54) is 6.07 Å². The van der Waals surface area contributed by atoms with E-state index in [0.717, 1.165) is 0 Å². The van der Waals surface area contributed by atoms with E-state index in [0.29, 0.717) is 23.7 Å². The number of benzene rings is 1. The van der Waals surface area contributed by atoms with Crippen LogP contribution in [0.1, 0.15) is 36.9 Å². The van der Waals surface area contributed by atoms with Crippen LogP contribution in [0.4, 0.5) is 5.82 Å². The number of nitrogens with zero attached hydrogens (tertiary/aromatic N) is 1. The summed E-state index contributed by atoms with van der Waals surface area (Å²) in [6.45, 7) is 6.91. The van der Waals surface area contributed by atoms with Gasteiger partial charge in [-0.15, -0.1) is 0 Å². The van der Waals surface area contributed by atoms with Gasteiger partial charge in [0.15, 0.2) is 12.4 Å². The molecule has 1 aromatic carbocycles. The molecule has 2 amide bonds. The Morgan fingerprint density at radius 2 is 1.93 bits per heavy atom. The molecule has 0 saturated heterocycles. The number of carbonyl (C=O) groups excluding carboxylic acids is 3. The van der Waals surface area contributed by atoms with Crippen LogP contribution < -0.4 is 15.4 Å². The lowest BCUT2D eigenvalue weighted by Gasteiger charge is -2.21. The summed E-state index contributed by atoms with van der Waals surface area (Å²) in [5.41, 5.74) is 0.312. The van der Waals surface area contributed by atoms with E-state index in [1.54, 1.807) is 45.0 Å². The molecule has 0 radical (unpaired) electrons. The number of anilines is 1. The Bertz CT molecular complexity index is 861. The number of para-hydroxylation sites is 1. The first kappa shape index (κ1) is 21.9. The van der Waals surface area contributed by atoms with Gasteiger partial charge in [0.1, 0.15) is 17.6 Å². The van der Waals surface area contributed by atoms with Crippen molar-refractivity contribution >= 4 is 23.6 Å². The summed E-state index contributed by atoms with van der Waals surface area (Å²) in [6.07, 6.45) is 0. The summed E-state index contributed by atoms with van der Waals surface area (Å²) in [6, 6.07) is 7.35. The van der Waals surface area contributed by atoms with Gasteiger partial charge in [-0.25, -0.2) is 4.79 Å². The largest absolute Gasteiger partial charge is 0.493 e. The fourth-order valence-electron chi connectivity index (χ4n) is 2.48. The van der Waals surface area contributed by atoms with Gasteiger partial charge in [0, 0.05) is 6.07 Å². The van der Waals surface area contributed by atoms with Crippen LogP contribution in [0.25, 0.3) is 0 Å². The van der Waals surface area contributed by atoms with E-state index in [-0.39, 0.29) is 11.7 Å². The molecule has 2 rings (SSSR count). The smallest absolute Gasteiger partial charge is 0.329 e. The highest BCUT2D eigenvalue weighted by molar-refractivity contribution is 5.99. The maximum atomic E-state index is 12.6. The van der Waals surface area contributed by atoms with Crippen molar-refractivity contribution in [3.8, 4) is 5.75 Å². The van der Waals surface area contributed by atoms with Gasteiger partial charge in [-0.05, 0) is 31.9 Å². The molecule has 2 aromatic rings. The van der Waals surface area contributed by atoms with E-state index in [1.807, 2.05) is 6.92 Å². The molecule has 0 aliphatic rings. The molecule has 1 atom stereocenters. The zero-order valence-electron chi connectivity index (χ0n) is 16.9. The molecule has 0 saturated carbocycles. The molecule has 0 aliphatic heterocycles. The Morgan fingerprint density at radius 1 is 1.21 bits per heavy atom. The predicted molar refractivity (Wildman–Crippen MR) is 105 cm³/mol. The van der Waals surface area contributed by atoms with Crippen LogP contribution in [0.2, 0.25) is 0 Å². The van der Waals surface area contributed by atoms with E-state index in [2.05, 4.69) is 15.8 Å². The van der Waals surface area contributed by atoms with Gasteiger partial charge in [0.2, 0.25) is 0 Å². The monoisotopic (exact) mass is 403 g/mol. The third kappa shape index (κ3) is 6.34. The average Bonchev–Trinajstić information content (AvgIpc) is 3.09. The minimum atomic E-state index is -0.931. The van der Waals surface area contributed by atoms with Crippen LogP contribution in [0, 0.1) is 12.8 Å². The molecule has 0 bridgehead atoms. The third-order valence-corrected chi connectivity index (χ3v) is 3.88. The first-order valence-electron chi connectivity index (χ1n) is 9.24. The Balaban J connectivity index is 1.97. The third-order valence-electron chi connectivity index (χ3n) is 3.88. The quantitative estimate of drug-likeness (QED) is 0.617. The summed E-state index contributed by atoms with van der Waals surface area (Å²) in [7, 11) is 0. The number of rotatable bonds is 9. The number of ether oxygens (including phenoxy) is 2. The molecule has 0 fully saturated rings. The lowest BCUT2D eigenvalue weighted by molar-refractivity contribution is -0.150. The molecule has 1 heterocycles. The zero-order valence-corrected chi connectivity index (χ0v) is 16.9. The summed E-state index contributed by atoms with van der Waals surface area (Å²) in [4.78, 5) is 37.0. The van der Waals surface area contributed by atoms with Crippen LogP contribution in [-0.4, -0.2) is 42.2 Å². The summed E-state index contributed by atoms with van der Waals surface area (Å²) in [5, 5.41) is 8.73. The minimum absolute atomic E-state index is 0.227. The normalized spacial score (nSPS) is 11.6. The van der Waals surface area contributed by atoms with Gasteiger partial charge in [-0.1, -0.05) is 31.1 Å². The molecule has 9 nitrogen and oxygen atoms in total. The molecule has 1 aromatic heterocycles. The van der Waals surface area contributed by atoms with Crippen molar-refractivity contribution in [3.05, 3.63) is 41.7 Å². The second kappa shape index (κ2) is 10.3. The SMILES string of the molecule is CCOc1ccccc1C(=O)N[C@H](C(=O)OCC(=O)Nc1cc(C)on1)C(C)C. The molecule has 156 valence electrons. The standard InChI is InChI=1S/C20H25N3O6/c1-5-27-15-9-7-6-8-14(15)19(25)22-18(12(2)3)20(26)28-11-17(24)21-16-10-13(4)29-23-16/h6-10,12,18H,5,11H2,1-4H3,(H,22,25)(H,21,23,24)/t18-/m0/s1. The molecule has 9 heteroatoms. The van der Waals surface area contributed by atoms with Crippen LogP contribution in [0.5, 0.6) is 5.75 Å². The molecule has 0 spiro atoms. The van der Waals surface area contributed by atoms with Crippen molar-refractivity contribution < 1.29 is 28.4 Å². The molecule has 2 N–H and O–H groups in total. The first-order valence-corrected chi connectivity index (χ1v) is 9.24. The average molecular weight is 403 g/mol. The lowest BCUT2D eigenvalue weighted by Crippen LogP contribution is -2.46. The van der Waals surface area contributed by atoms with E-state index in [9.17, 15) is 14.4 Å². The van der Waals surface area contributed by atoms with Gasteiger partial charge in [0.05, 0.1) is 12.2 Å². The number of carbonyl (C=O) groups is 3. The van der Waals surface area contributed by atoms with Gasteiger partial charge in [-0.3, -0.25) is 9.59 Å². The van der Waals surface area contributed by atoms with Crippen LogP contribution in [0.15, 0.2) is 34.9 Å².